The molecule has 1 aliphatic heterocycles. The first-order valence-corrected chi connectivity index (χ1v) is 13.3. The highest BCUT2D eigenvalue weighted by Crippen LogP contribution is 2.45. The Labute approximate surface area is 213 Å². The molecule has 4 unspecified atom stereocenters. The van der Waals surface area contributed by atoms with Crippen LogP contribution in [-0.2, 0) is 4.79 Å². The van der Waals surface area contributed by atoms with Crippen molar-refractivity contribution in [3.63, 3.8) is 0 Å². The van der Waals surface area contributed by atoms with Crippen LogP contribution in [0.2, 0.25) is 0 Å². The lowest BCUT2D eigenvalue weighted by atomic mass is 9.88. The minimum atomic E-state index is -0.286. The standard InChI is InChI=1S/C26H30FN7OS/c1-33-8-2-9-34(11-10-33)20-6-5-17(14-18(20)27)29-26-30-19-7-12-36-23(19)25(32-26)31-22-16-4-3-15(13-16)21(22)24(28)35/h3-7,12,14-16,21-22H,2,8-11,13H2,1H3,(H2,28,35)(H2,29,30,31,32). The molecule has 4 atom stereocenters. The second kappa shape index (κ2) is 9.33. The van der Waals surface area contributed by atoms with Gasteiger partial charge in [-0.15, -0.1) is 11.3 Å². The molecule has 2 fully saturated rings. The zero-order chi connectivity index (χ0) is 24.8. The van der Waals surface area contributed by atoms with Crippen LogP contribution in [0.4, 0.5) is 27.5 Å². The van der Waals surface area contributed by atoms with E-state index in [1.54, 1.807) is 11.3 Å². The minimum Gasteiger partial charge on any atom is -0.369 e. The number of halogens is 1. The Kier molecular flexibility index (Phi) is 6.00. The Morgan fingerprint density at radius 1 is 1.14 bits per heavy atom. The van der Waals surface area contributed by atoms with Crippen molar-refractivity contribution in [2.75, 3.05) is 48.8 Å². The van der Waals surface area contributed by atoms with Gasteiger partial charge in [0.05, 0.1) is 21.8 Å². The second-order valence-corrected chi connectivity index (χ2v) is 10.9. The normalized spacial score (nSPS) is 25.9. The first-order valence-electron chi connectivity index (χ1n) is 12.5. The van der Waals surface area contributed by atoms with Crippen molar-refractivity contribution in [3.05, 3.63) is 47.6 Å². The third-order valence-corrected chi connectivity index (χ3v) is 8.57. The van der Waals surface area contributed by atoms with Crippen LogP contribution in [0.1, 0.15) is 12.8 Å². The van der Waals surface area contributed by atoms with Crippen molar-refractivity contribution < 1.29 is 9.18 Å². The smallest absolute Gasteiger partial charge is 0.229 e. The number of nitrogens with zero attached hydrogens (tertiary/aromatic N) is 4. The number of benzene rings is 1. The summed E-state index contributed by atoms with van der Waals surface area (Å²) >= 11 is 1.55. The van der Waals surface area contributed by atoms with Gasteiger partial charge in [-0.3, -0.25) is 4.79 Å². The molecular weight excluding hydrogens is 477 g/mol. The van der Waals surface area contributed by atoms with E-state index in [1.807, 2.05) is 23.6 Å². The highest BCUT2D eigenvalue weighted by molar-refractivity contribution is 7.17. The maximum Gasteiger partial charge on any atom is 0.229 e. The van der Waals surface area contributed by atoms with Gasteiger partial charge in [0.2, 0.25) is 11.9 Å². The van der Waals surface area contributed by atoms with Crippen LogP contribution in [0, 0.1) is 23.6 Å². The van der Waals surface area contributed by atoms with E-state index < -0.39 is 0 Å². The predicted octanol–water partition coefficient (Wildman–Crippen LogP) is 3.80. The molecular formula is C26H30FN7OS. The molecule has 2 bridgehead atoms. The fourth-order valence-corrected chi connectivity index (χ4v) is 6.62. The number of amides is 1. The van der Waals surface area contributed by atoms with Crippen molar-refractivity contribution >= 4 is 50.6 Å². The summed E-state index contributed by atoms with van der Waals surface area (Å²) in [6.45, 7) is 3.58. The number of nitrogens with one attached hydrogen (secondary N) is 2. The molecule has 188 valence electrons. The lowest BCUT2D eigenvalue weighted by Crippen LogP contribution is -2.41. The van der Waals surface area contributed by atoms with Gasteiger partial charge in [-0.05, 0) is 67.9 Å². The molecule has 6 rings (SSSR count). The fourth-order valence-electron chi connectivity index (χ4n) is 5.84. The first-order chi connectivity index (χ1) is 17.5. The maximum atomic E-state index is 15.1. The summed E-state index contributed by atoms with van der Waals surface area (Å²) < 4.78 is 16.0. The Morgan fingerprint density at radius 3 is 2.83 bits per heavy atom. The first kappa shape index (κ1) is 23.2. The van der Waals surface area contributed by atoms with Crippen molar-refractivity contribution in [2.45, 2.75) is 18.9 Å². The molecule has 3 aromatic rings. The van der Waals surface area contributed by atoms with Gasteiger partial charge < -0.3 is 26.2 Å². The van der Waals surface area contributed by atoms with E-state index in [2.05, 4.69) is 44.6 Å². The topological polar surface area (TPSA) is 99.4 Å². The average molecular weight is 508 g/mol. The quantitative estimate of drug-likeness (QED) is 0.437. The zero-order valence-electron chi connectivity index (χ0n) is 20.2. The van der Waals surface area contributed by atoms with Crippen molar-refractivity contribution in [1.82, 2.24) is 14.9 Å². The molecule has 1 saturated carbocycles. The van der Waals surface area contributed by atoms with Crippen LogP contribution in [0.15, 0.2) is 41.8 Å². The van der Waals surface area contributed by atoms with Gasteiger partial charge in [-0.2, -0.15) is 4.98 Å². The van der Waals surface area contributed by atoms with Gasteiger partial charge in [0.1, 0.15) is 11.6 Å². The molecule has 1 amide bonds. The molecule has 3 aliphatic rings. The van der Waals surface area contributed by atoms with Crippen LogP contribution >= 0.6 is 11.3 Å². The zero-order valence-corrected chi connectivity index (χ0v) is 21.0. The lowest BCUT2D eigenvalue weighted by molar-refractivity contribution is -0.122. The van der Waals surface area contributed by atoms with Crippen molar-refractivity contribution in [1.29, 1.82) is 0 Å². The van der Waals surface area contributed by atoms with Crippen LogP contribution in [0.5, 0.6) is 0 Å². The number of hydrogen-bond acceptors (Lipinski definition) is 8. The van der Waals surface area contributed by atoms with Crippen LogP contribution in [0.3, 0.4) is 0 Å². The van der Waals surface area contributed by atoms with E-state index in [-0.39, 0.29) is 35.5 Å². The summed E-state index contributed by atoms with van der Waals surface area (Å²) in [6, 6.07) is 7.02. The molecule has 0 spiro atoms. The number of likely N-dealkylation sites (N-methyl/N-ethyl adjacent to an activating group) is 1. The third kappa shape index (κ3) is 4.28. The molecule has 10 heteroatoms. The van der Waals surface area contributed by atoms with E-state index >= 15 is 4.39 Å². The minimum absolute atomic E-state index is 0.102. The molecule has 2 aliphatic carbocycles. The van der Waals surface area contributed by atoms with Crippen LogP contribution in [-0.4, -0.2) is 60.0 Å². The molecule has 36 heavy (non-hydrogen) atoms. The number of allylic oxidation sites excluding steroid dienone is 1. The van der Waals surface area contributed by atoms with Crippen molar-refractivity contribution in [3.8, 4) is 0 Å². The number of nitrogens with two attached hydrogens (primary N) is 1. The largest absolute Gasteiger partial charge is 0.369 e. The molecule has 4 N–H and O–H groups in total. The molecule has 0 radical (unpaired) electrons. The van der Waals surface area contributed by atoms with Gasteiger partial charge in [-0.25, -0.2) is 9.37 Å². The number of carbonyl (C=O) groups excluding carboxylic acids is 1. The Bertz CT molecular complexity index is 1330. The molecule has 1 aromatic carbocycles. The Morgan fingerprint density at radius 2 is 2.00 bits per heavy atom. The summed E-state index contributed by atoms with van der Waals surface area (Å²) in [4.78, 5) is 25.9. The van der Waals surface area contributed by atoms with Gasteiger partial charge in [-0.1, -0.05) is 12.2 Å². The number of primary amides is 1. The highest BCUT2D eigenvalue weighted by Gasteiger charge is 2.47. The number of aromatic nitrogens is 2. The molecule has 2 aromatic heterocycles. The average Bonchev–Trinajstić information content (AvgIpc) is 3.55. The van der Waals surface area contributed by atoms with E-state index in [0.717, 1.165) is 49.2 Å². The number of hydrogen-bond donors (Lipinski definition) is 3. The number of fused-ring (bicyclic) bond motifs is 3. The SMILES string of the molecule is CN1CCCN(c2ccc(Nc3nc(NC4C5C=CC(C5)C4C(N)=O)c4sccc4n3)cc2F)CC1. The molecule has 3 heterocycles. The number of carbonyl (C=O) groups is 1. The fraction of sp³-hybridized carbons (Fsp3) is 0.423. The van der Waals surface area contributed by atoms with E-state index in [0.29, 0.717) is 23.1 Å². The summed E-state index contributed by atoms with van der Waals surface area (Å²) in [5.41, 5.74) is 7.75. The molecule has 1 saturated heterocycles. The monoisotopic (exact) mass is 507 g/mol. The number of anilines is 4. The van der Waals surface area contributed by atoms with E-state index in [1.165, 1.54) is 6.07 Å². The van der Waals surface area contributed by atoms with E-state index in [9.17, 15) is 4.79 Å². The van der Waals surface area contributed by atoms with Gasteiger partial charge in [0.15, 0.2) is 0 Å². The highest BCUT2D eigenvalue weighted by atomic mass is 32.1. The summed E-state index contributed by atoms with van der Waals surface area (Å²) in [5.74, 6) is 0.649. The van der Waals surface area contributed by atoms with Crippen molar-refractivity contribution in [2.24, 2.45) is 23.5 Å². The summed E-state index contributed by atoms with van der Waals surface area (Å²) in [5, 5.41) is 8.66. The molecule has 8 nitrogen and oxygen atoms in total. The van der Waals surface area contributed by atoms with Gasteiger partial charge in [0.25, 0.3) is 0 Å². The van der Waals surface area contributed by atoms with Gasteiger partial charge >= 0.3 is 0 Å². The van der Waals surface area contributed by atoms with Gasteiger partial charge in [0, 0.05) is 31.4 Å². The number of rotatable bonds is 6. The Hall–Kier alpha value is -3.24. The predicted molar refractivity (Wildman–Crippen MR) is 142 cm³/mol. The summed E-state index contributed by atoms with van der Waals surface area (Å²) in [7, 11) is 2.10. The van der Waals surface area contributed by atoms with Crippen LogP contribution < -0.4 is 21.3 Å². The number of thiophene rings is 1. The second-order valence-electron chi connectivity index (χ2n) is 10.0. The maximum absolute atomic E-state index is 15.1. The van der Waals surface area contributed by atoms with Crippen LogP contribution in [0.25, 0.3) is 10.2 Å². The lowest BCUT2D eigenvalue weighted by Gasteiger charge is -2.27. The van der Waals surface area contributed by atoms with E-state index in [4.69, 9.17) is 10.7 Å². The Balaban J connectivity index is 1.25. The third-order valence-electron chi connectivity index (χ3n) is 7.66. The summed E-state index contributed by atoms with van der Waals surface area (Å²) in [6.07, 6.45) is 6.21.